The Balaban J connectivity index is 4.07. The number of hydrogen-bond donors (Lipinski definition) is 4. The van der Waals surface area contributed by atoms with Gasteiger partial charge in [-0.25, -0.2) is 0 Å². The molecule has 0 aromatic rings. The maximum absolute atomic E-state index is 12.4. The summed E-state index contributed by atoms with van der Waals surface area (Å²) < 4.78 is 0. The van der Waals surface area contributed by atoms with Crippen LogP contribution >= 0.6 is 0 Å². The molecule has 0 aliphatic heterocycles. The average molecular weight is 590 g/mol. The second-order valence-electron chi connectivity index (χ2n) is 12.0. The van der Waals surface area contributed by atoms with Crippen LogP contribution in [0.5, 0.6) is 0 Å². The van der Waals surface area contributed by atoms with E-state index < -0.39 is 30.8 Å². The Morgan fingerprint density at radius 3 is 1.79 bits per heavy atom. The Labute approximate surface area is 259 Å². The Morgan fingerprint density at radius 2 is 1.19 bits per heavy atom. The van der Waals surface area contributed by atoms with Crippen molar-refractivity contribution in [3.8, 4) is 0 Å². The summed E-state index contributed by atoms with van der Waals surface area (Å²) in [6, 6.07) is -0.858. The SMILES string of the molecule is CCCCCCC/C=C/C=C/CC/C=C/[C@@H](O)[C@H](CO)NC(=O)[C@H](O)/C=C/CC(C)CCCCCCCCCCCC. The Bertz CT molecular complexity index is 715. The van der Waals surface area contributed by atoms with Gasteiger partial charge in [-0.1, -0.05) is 166 Å². The first-order valence-corrected chi connectivity index (χ1v) is 17.4. The minimum atomic E-state index is -1.30. The van der Waals surface area contributed by atoms with Crippen molar-refractivity contribution in [2.75, 3.05) is 6.61 Å². The predicted octanol–water partition coefficient (Wildman–Crippen LogP) is 8.89. The lowest BCUT2D eigenvalue weighted by molar-refractivity contribution is -0.128. The molecule has 0 aromatic heterocycles. The molecule has 5 heteroatoms. The van der Waals surface area contributed by atoms with Gasteiger partial charge in [-0.15, -0.1) is 0 Å². The van der Waals surface area contributed by atoms with Crippen molar-refractivity contribution in [1.82, 2.24) is 5.32 Å². The smallest absolute Gasteiger partial charge is 0.253 e. The van der Waals surface area contributed by atoms with E-state index >= 15 is 0 Å². The number of amides is 1. The Morgan fingerprint density at radius 1 is 0.667 bits per heavy atom. The number of carbonyl (C=O) groups excluding carboxylic acids is 1. The molecule has 0 aliphatic rings. The van der Waals surface area contributed by atoms with Crippen LogP contribution in [0, 0.1) is 5.92 Å². The third kappa shape index (κ3) is 26.0. The number of aliphatic hydroxyl groups excluding tert-OH is 3. The maximum Gasteiger partial charge on any atom is 0.253 e. The number of allylic oxidation sites excluding steroid dienone is 6. The summed E-state index contributed by atoms with van der Waals surface area (Å²) in [4.78, 5) is 12.4. The third-order valence-electron chi connectivity index (χ3n) is 7.80. The van der Waals surface area contributed by atoms with Gasteiger partial charge in [0.15, 0.2) is 6.10 Å². The molecule has 0 bridgehead atoms. The average Bonchev–Trinajstić information content (AvgIpc) is 2.98. The lowest BCUT2D eigenvalue weighted by atomic mass is 9.98. The maximum atomic E-state index is 12.4. The number of hydrogen-bond acceptors (Lipinski definition) is 4. The van der Waals surface area contributed by atoms with E-state index in [2.05, 4.69) is 50.4 Å². The van der Waals surface area contributed by atoms with Crippen LogP contribution in [0.4, 0.5) is 0 Å². The molecule has 0 aliphatic carbocycles. The zero-order chi connectivity index (χ0) is 31.1. The summed E-state index contributed by atoms with van der Waals surface area (Å²) in [5.41, 5.74) is 0. The summed E-state index contributed by atoms with van der Waals surface area (Å²) in [6.07, 6.45) is 37.5. The second-order valence-corrected chi connectivity index (χ2v) is 12.0. The van der Waals surface area contributed by atoms with E-state index in [-0.39, 0.29) is 0 Å². The minimum absolute atomic E-state index is 0.410. The van der Waals surface area contributed by atoms with Crippen LogP contribution < -0.4 is 5.32 Å². The van der Waals surface area contributed by atoms with Crippen molar-refractivity contribution >= 4 is 5.91 Å². The van der Waals surface area contributed by atoms with Crippen molar-refractivity contribution in [3.63, 3.8) is 0 Å². The van der Waals surface area contributed by atoms with Crippen LogP contribution in [0.15, 0.2) is 48.6 Å². The highest BCUT2D eigenvalue weighted by molar-refractivity contribution is 5.82. The van der Waals surface area contributed by atoms with Gasteiger partial charge in [0, 0.05) is 0 Å². The zero-order valence-electron chi connectivity index (χ0n) is 27.5. The molecule has 42 heavy (non-hydrogen) atoms. The second kappa shape index (κ2) is 30.8. The third-order valence-corrected chi connectivity index (χ3v) is 7.80. The molecule has 0 radical (unpaired) electrons. The van der Waals surface area contributed by atoms with E-state index in [0.717, 1.165) is 32.1 Å². The van der Waals surface area contributed by atoms with E-state index in [1.165, 1.54) is 102 Å². The lowest BCUT2D eigenvalue weighted by Gasteiger charge is -2.21. The molecule has 0 saturated carbocycles. The largest absolute Gasteiger partial charge is 0.394 e. The van der Waals surface area contributed by atoms with Gasteiger partial charge in [0.2, 0.25) is 0 Å². The van der Waals surface area contributed by atoms with Crippen LogP contribution in [0.1, 0.15) is 149 Å². The summed E-state index contributed by atoms with van der Waals surface area (Å²) in [7, 11) is 0. The standard InChI is InChI=1S/C37H67NO4/c1-4-6-8-10-12-14-16-17-18-20-22-24-26-30-35(40)34(32-39)38-37(42)36(41)31-27-29-33(3)28-25-23-21-19-15-13-11-9-7-5-2/h16-18,20,26-27,30-31,33-36,39-41H,4-15,19,21-25,28-29,32H2,1-3H3,(H,38,42)/b17-16+,20-18+,30-26+,31-27+/t33?,34-,35+,36+/m0/s1. The fourth-order valence-corrected chi connectivity index (χ4v) is 4.91. The minimum Gasteiger partial charge on any atom is -0.394 e. The van der Waals surface area contributed by atoms with Gasteiger partial charge >= 0.3 is 0 Å². The molecule has 1 amide bonds. The summed E-state index contributed by atoms with van der Waals surface area (Å²) >= 11 is 0. The van der Waals surface area contributed by atoms with Gasteiger partial charge in [-0.3, -0.25) is 4.79 Å². The van der Waals surface area contributed by atoms with Gasteiger partial charge < -0.3 is 20.6 Å². The number of unbranched alkanes of at least 4 members (excludes halogenated alkanes) is 15. The van der Waals surface area contributed by atoms with E-state index in [1.54, 1.807) is 6.08 Å². The lowest BCUT2D eigenvalue weighted by Crippen LogP contribution is -2.48. The first-order valence-electron chi connectivity index (χ1n) is 17.4. The normalized spacial score (nSPS) is 15.3. The molecule has 244 valence electrons. The van der Waals surface area contributed by atoms with E-state index in [4.69, 9.17) is 0 Å². The molecule has 4 N–H and O–H groups in total. The molecular weight excluding hydrogens is 522 g/mol. The van der Waals surface area contributed by atoms with Gasteiger partial charge in [0.25, 0.3) is 5.91 Å². The van der Waals surface area contributed by atoms with Crippen LogP contribution in [0.25, 0.3) is 0 Å². The number of aliphatic hydroxyl groups is 3. The van der Waals surface area contributed by atoms with Crippen molar-refractivity contribution < 1.29 is 20.1 Å². The van der Waals surface area contributed by atoms with E-state index in [9.17, 15) is 20.1 Å². The highest BCUT2D eigenvalue weighted by Gasteiger charge is 2.21. The van der Waals surface area contributed by atoms with Crippen LogP contribution in [-0.2, 0) is 4.79 Å². The van der Waals surface area contributed by atoms with Gasteiger partial charge in [-0.05, 0) is 38.0 Å². The highest BCUT2D eigenvalue weighted by atomic mass is 16.3. The van der Waals surface area contributed by atoms with Crippen LogP contribution in [0.3, 0.4) is 0 Å². The molecule has 4 atom stereocenters. The van der Waals surface area contributed by atoms with Gasteiger partial charge in [0.05, 0.1) is 18.8 Å². The molecule has 0 saturated heterocycles. The zero-order valence-corrected chi connectivity index (χ0v) is 27.5. The van der Waals surface area contributed by atoms with Crippen molar-refractivity contribution in [2.24, 2.45) is 5.92 Å². The van der Waals surface area contributed by atoms with E-state index in [0.29, 0.717) is 5.92 Å². The van der Waals surface area contributed by atoms with Crippen LogP contribution in [-0.4, -0.2) is 46.1 Å². The first-order chi connectivity index (χ1) is 20.5. The predicted molar refractivity (Wildman–Crippen MR) is 180 cm³/mol. The summed E-state index contributed by atoms with van der Waals surface area (Å²) in [5.74, 6) is -0.103. The topological polar surface area (TPSA) is 89.8 Å². The molecule has 0 rings (SSSR count). The highest BCUT2D eigenvalue weighted by Crippen LogP contribution is 2.16. The van der Waals surface area contributed by atoms with E-state index in [1.807, 2.05) is 12.2 Å². The molecule has 5 nitrogen and oxygen atoms in total. The number of carbonyl (C=O) groups is 1. The van der Waals surface area contributed by atoms with Crippen molar-refractivity contribution in [3.05, 3.63) is 48.6 Å². The molecule has 0 aromatic carbocycles. The Hall–Kier alpha value is -1.69. The molecule has 0 heterocycles. The number of rotatable bonds is 29. The van der Waals surface area contributed by atoms with Crippen LogP contribution in [0.2, 0.25) is 0 Å². The van der Waals surface area contributed by atoms with Gasteiger partial charge in [0.1, 0.15) is 0 Å². The van der Waals surface area contributed by atoms with Crippen molar-refractivity contribution in [2.45, 2.75) is 167 Å². The molecule has 1 unspecified atom stereocenters. The fourth-order valence-electron chi connectivity index (χ4n) is 4.91. The fraction of sp³-hybridized carbons (Fsp3) is 0.757. The summed E-state index contributed by atoms with van der Waals surface area (Å²) in [6.45, 7) is 6.29. The Kier molecular flexibility index (Phi) is 29.5. The van der Waals surface area contributed by atoms with Gasteiger partial charge in [-0.2, -0.15) is 0 Å². The monoisotopic (exact) mass is 590 g/mol. The van der Waals surface area contributed by atoms with Crippen molar-refractivity contribution in [1.29, 1.82) is 0 Å². The first kappa shape index (κ1) is 40.3. The molecule has 0 spiro atoms. The molecular formula is C37H67NO4. The molecule has 0 fully saturated rings. The number of nitrogens with one attached hydrogen (secondary N) is 1. The quantitative estimate of drug-likeness (QED) is 0.0398. The summed E-state index contributed by atoms with van der Waals surface area (Å²) in [5, 5.41) is 32.8.